The number of hydrogen-bond donors (Lipinski definition) is 1. The van der Waals surface area contributed by atoms with Crippen molar-refractivity contribution >= 4 is 6.16 Å². The van der Waals surface area contributed by atoms with E-state index in [1.807, 2.05) is 0 Å². The molecule has 0 bridgehead atoms. The molecule has 0 fully saturated rings. The van der Waals surface area contributed by atoms with E-state index in [2.05, 4.69) is 2.47 Å². The fraction of sp³-hybridized carbons (Fsp3) is 0. The number of hydrogen-bond acceptors (Lipinski definition) is 2. The molecule has 4 heteroatoms. The number of rotatable bonds is 0. The van der Waals surface area contributed by atoms with Crippen molar-refractivity contribution in [2.45, 2.75) is 0 Å². The monoisotopic (exact) mass is 299 g/mol. The normalized spacial score (nSPS) is 6.80. The van der Waals surface area contributed by atoms with E-state index in [4.69, 9.17) is 5.11 Å². The summed E-state index contributed by atoms with van der Waals surface area (Å²) in [7, 11) is 0. The zero-order valence-corrected chi connectivity index (χ0v) is 5.57. The summed E-state index contributed by atoms with van der Waals surface area (Å²) in [6.45, 7) is 0. The molecular formula is CHO3Pu. The van der Waals surface area contributed by atoms with Crippen LogP contribution in [0.15, 0.2) is 0 Å². The fourth-order valence-corrected chi connectivity index (χ4v) is 0. The molecule has 1 N–H and O–H groups in total. The van der Waals surface area contributed by atoms with Gasteiger partial charge in [-0.25, -0.2) is 0 Å². The summed E-state index contributed by atoms with van der Waals surface area (Å²) in [4.78, 5) is 9.18. The third kappa shape index (κ3) is 4.26. The quantitative estimate of drug-likeness (QED) is 0.693. The van der Waals surface area contributed by atoms with Gasteiger partial charge in [-0.15, -0.1) is 0 Å². The minimum atomic E-state index is -1.19. The van der Waals surface area contributed by atoms with Gasteiger partial charge in [-0.3, -0.25) is 0 Å². The van der Waals surface area contributed by atoms with Crippen LogP contribution in [0.2, 0.25) is 0 Å². The Bertz CT molecular complexity index is 42.2. The van der Waals surface area contributed by atoms with Crippen molar-refractivity contribution in [3.8, 4) is 0 Å². The Balaban J connectivity index is 2.85. The third-order valence-corrected chi connectivity index (χ3v) is 0.665. The van der Waals surface area contributed by atoms with E-state index in [1.54, 1.807) is 0 Å². The van der Waals surface area contributed by atoms with Crippen LogP contribution >= 0.6 is 0 Å². The van der Waals surface area contributed by atoms with Crippen LogP contribution < -0.4 is 0 Å². The number of carboxylic acid groups (broad SMARTS) is 1. The second-order valence-electron chi connectivity index (χ2n) is 0.349. The molecule has 0 atom stereocenters. The maximum atomic E-state index is 9.18. The second kappa shape index (κ2) is 2.49. The Morgan fingerprint density at radius 2 is 2.20 bits per heavy atom. The topological polar surface area (TPSA) is 46.5 Å². The predicted molar refractivity (Wildman–Crippen MR) is 9.11 cm³/mol. The molecule has 0 saturated heterocycles. The molecule has 0 aliphatic heterocycles. The fourth-order valence-electron chi connectivity index (χ4n) is 0. The van der Waals surface area contributed by atoms with E-state index in [0.29, 0.717) is 28.0 Å². The summed E-state index contributed by atoms with van der Waals surface area (Å²) >= 11 is 0.341. The summed E-state index contributed by atoms with van der Waals surface area (Å²) < 4.78 is 3.79. The Morgan fingerprint density at radius 1 is 2.00 bits per heavy atom. The molecule has 0 aromatic rings. The molecule has 0 rings (SSSR count). The van der Waals surface area contributed by atoms with E-state index in [-0.39, 0.29) is 0 Å². The zero-order valence-electron chi connectivity index (χ0n) is 2.17. The summed E-state index contributed by atoms with van der Waals surface area (Å²) in [5.41, 5.74) is 0. The third-order valence-electron chi connectivity index (χ3n) is 0.0713. The van der Waals surface area contributed by atoms with Crippen LogP contribution in [0, 0.1) is 28.0 Å². The van der Waals surface area contributed by atoms with Gasteiger partial charge >= 0.3 is 46.6 Å². The van der Waals surface area contributed by atoms with Crippen molar-refractivity contribution in [2.24, 2.45) is 0 Å². The van der Waals surface area contributed by atoms with E-state index in [1.165, 1.54) is 0 Å². The molecule has 0 aliphatic carbocycles. The minimum absolute atomic E-state index is 0.341. The first-order chi connectivity index (χ1) is 2.27. The molecule has 0 heterocycles. The number of carbonyl (C=O) groups is 1. The average Bonchev–Trinajstić information content (AvgIpc) is 1.38. The Morgan fingerprint density at radius 3 is 2.20 bits per heavy atom. The molecule has 0 aliphatic rings. The zero-order chi connectivity index (χ0) is 4.28. The molecule has 0 spiro atoms. The SMILES string of the molecule is O=C(O)[O][Pu]. The van der Waals surface area contributed by atoms with Crippen LogP contribution in [-0.4, -0.2) is 11.3 Å². The van der Waals surface area contributed by atoms with Gasteiger partial charge in [-0.2, -0.15) is 0 Å². The molecule has 0 radical (unpaired) electrons. The van der Waals surface area contributed by atoms with Gasteiger partial charge in [0.25, 0.3) is 0 Å². The molecule has 29 valence electrons. The van der Waals surface area contributed by atoms with Crippen molar-refractivity contribution in [1.82, 2.24) is 0 Å². The molecule has 0 amide bonds. The van der Waals surface area contributed by atoms with Gasteiger partial charge in [0, 0.05) is 0 Å². The summed E-state index contributed by atoms with van der Waals surface area (Å²) in [6.07, 6.45) is -1.19. The summed E-state index contributed by atoms with van der Waals surface area (Å²) in [5, 5.41) is 7.53. The van der Waals surface area contributed by atoms with Crippen molar-refractivity contribution < 1.29 is 40.4 Å². The first-order valence-corrected chi connectivity index (χ1v) is 2.19. The Hall–Kier alpha value is 0.257. The van der Waals surface area contributed by atoms with Crippen molar-refractivity contribution in [1.29, 1.82) is 0 Å². The predicted octanol–water partition coefficient (Wildman–Crippen LogP) is 0.145. The molecule has 0 aromatic carbocycles. The Labute approximate surface area is 46.8 Å². The van der Waals surface area contributed by atoms with Crippen LogP contribution in [-0.2, 0) is 2.47 Å². The van der Waals surface area contributed by atoms with E-state index >= 15 is 0 Å². The van der Waals surface area contributed by atoms with Gasteiger partial charge in [0.1, 0.15) is 0 Å². The Kier molecular flexibility index (Phi) is 2.62. The van der Waals surface area contributed by atoms with Gasteiger partial charge in [0.15, 0.2) is 0 Å². The molecule has 3 nitrogen and oxygen atoms in total. The summed E-state index contributed by atoms with van der Waals surface area (Å²) in [5.74, 6) is 0. The molecule has 0 unspecified atom stereocenters. The van der Waals surface area contributed by atoms with Gasteiger partial charge in [0.2, 0.25) is 0 Å². The van der Waals surface area contributed by atoms with Gasteiger partial charge in [-0.1, -0.05) is 0 Å². The molecule has 5 heavy (non-hydrogen) atoms. The van der Waals surface area contributed by atoms with Gasteiger partial charge < -0.3 is 0 Å². The van der Waals surface area contributed by atoms with Crippen LogP contribution in [0.1, 0.15) is 0 Å². The average molecular weight is 305 g/mol. The molecule has 0 aromatic heterocycles. The van der Waals surface area contributed by atoms with Crippen LogP contribution in [0.5, 0.6) is 0 Å². The first-order valence-electron chi connectivity index (χ1n) is 0.799. The van der Waals surface area contributed by atoms with Crippen molar-refractivity contribution in [3.05, 3.63) is 0 Å². The maximum absolute atomic E-state index is 9.18. The standard InChI is InChI=1S/CH2O3.Pu/c2-1(3)4;/h(H2,2,3,4);/q;+1/p-1. The van der Waals surface area contributed by atoms with Crippen LogP contribution in [0.25, 0.3) is 0 Å². The second-order valence-corrected chi connectivity index (χ2v) is 1.04. The van der Waals surface area contributed by atoms with E-state index in [9.17, 15) is 4.79 Å². The van der Waals surface area contributed by atoms with E-state index in [0.717, 1.165) is 0 Å². The van der Waals surface area contributed by atoms with Crippen LogP contribution in [0.3, 0.4) is 0 Å². The molecular weight excluding hydrogens is 304 g/mol. The van der Waals surface area contributed by atoms with Gasteiger partial charge in [-0.05, 0) is 0 Å². The van der Waals surface area contributed by atoms with Crippen LogP contribution in [0.4, 0.5) is 4.79 Å². The summed E-state index contributed by atoms with van der Waals surface area (Å²) in [6, 6.07) is 0. The van der Waals surface area contributed by atoms with Gasteiger partial charge in [0.05, 0.1) is 0 Å². The van der Waals surface area contributed by atoms with E-state index < -0.39 is 6.16 Å². The van der Waals surface area contributed by atoms with Crippen molar-refractivity contribution in [3.63, 3.8) is 0 Å². The first kappa shape index (κ1) is 5.26. The van der Waals surface area contributed by atoms with Crippen molar-refractivity contribution in [2.75, 3.05) is 0 Å². The molecule has 0 saturated carbocycles.